The number of nitrogens with one attached hydrogen (secondary N) is 2. The highest BCUT2D eigenvalue weighted by molar-refractivity contribution is 6.03. The molecule has 1 saturated carbocycles. The van der Waals surface area contributed by atoms with Crippen molar-refractivity contribution in [1.82, 2.24) is 10.6 Å². The molecule has 1 aromatic rings. The van der Waals surface area contributed by atoms with Crippen LogP contribution in [0.5, 0.6) is 5.75 Å². The molecule has 0 bridgehead atoms. The third-order valence-corrected chi connectivity index (χ3v) is 5.11. The van der Waals surface area contributed by atoms with Gasteiger partial charge < -0.3 is 15.4 Å². The van der Waals surface area contributed by atoms with Crippen molar-refractivity contribution in [3.63, 3.8) is 0 Å². The van der Waals surface area contributed by atoms with E-state index in [1.807, 2.05) is 18.2 Å². The summed E-state index contributed by atoms with van der Waals surface area (Å²) in [6.45, 7) is 3.07. The zero-order valence-corrected chi connectivity index (χ0v) is 16.7. The topological polar surface area (TPSA) is 70.7 Å². The van der Waals surface area contributed by atoms with Gasteiger partial charge in [-0.2, -0.15) is 0 Å². The van der Waals surface area contributed by atoms with E-state index in [-0.39, 0.29) is 30.8 Å². The van der Waals surface area contributed by atoms with Gasteiger partial charge in [0.15, 0.2) is 6.10 Å². The first-order valence-corrected chi connectivity index (χ1v) is 9.72. The number of carbonyl (C=O) groups is 2. The standard InChI is InChI=1S/C20H29N3O3.ClH/c1-15-20(25)23(17-10-6-7-11-18(17)26-15)14-19(24)22-13-12-21-16-8-4-2-3-5-9-16;/h6-7,10-11,15-16,21H,2-5,8-9,12-14H2,1H3,(H,22,24);1H. The minimum Gasteiger partial charge on any atom is -0.479 e. The predicted octanol–water partition coefficient (Wildman–Crippen LogP) is 2.65. The number of fused-ring (bicyclic) bond motifs is 1. The van der Waals surface area contributed by atoms with Crippen LogP contribution in [0, 0.1) is 0 Å². The largest absolute Gasteiger partial charge is 0.479 e. The molecule has 1 atom stereocenters. The molecule has 2 N–H and O–H groups in total. The van der Waals surface area contributed by atoms with Gasteiger partial charge in [0.25, 0.3) is 5.91 Å². The molecule has 0 saturated heterocycles. The summed E-state index contributed by atoms with van der Waals surface area (Å²) in [7, 11) is 0. The van der Waals surface area contributed by atoms with E-state index < -0.39 is 6.10 Å². The van der Waals surface area contributed by atoms with Gasteiger partial charge in [-0.3, -0.25) is 14.5 Å². The second-order valence-corrected chi connectivity index (χ2v) is 7.14. The molecule has 1 fully saturated rings. The third kappa shape index (κ3) is 5.84. The molecule has 6 nitrogen and oxygen atoms in total. The summed E-state index contributed by atoms with van der Waals surface area (Å²) in [6, 6.07) is 7.90. The second-order valence-electron chi connectivity index (χ2n) is 7.14. The van der Waals surface area contributed by atoms with Crippen LogP contribution in [-0.4, -0.2) is 43.6 Å². The molecular formula is C20H30ClN3O3. The zero-order chi connectivity index (χ0) is 18.4. The quantitative estimate of drug-likeness (QED) is 0.573. The summed E-state index contributed by atoms with van der Waals surface area (Å²) >= 11 is 0. The van der Waals surface area contributed by atoms with Crippen molar-refractivity contribution in [3.05, 3.63) is 24.3 Å². The molecule has 1 aliphatic carbocycles. The van der Waals surface area contributed by atoms with Crippen molar-refractivity contribution < 1.29 is 14.3 Å². The first-order valence-electron chi connectivity index (χ1n) is 9.72. The molecule has 0 aromatic heterocycles. The van der Waals surface area contributed by atoms with Crippen LogP contribution in [-0.2, 0) is 9.59 Å². The Hall–Kier alpha value is -1.79. The number of ether oxygens (including phenoxy) is 1. The lowest BCUT2D eigenvalue weighted by Crippen LogP contribution is -2.49. The van der Waals surface area contributed by atoms with Crippen molar-refractivity contribution in [2.75, 3.05) is 24.5 Å². The number of amides is 2. The van der Waals surface area contributed by atoms with Crippen LogP contribution < -0.4 is 20.3 Å². The van der Waals surface area contributed by atoms with Crippen LogP contribution in [0.15, 0.2) is 24.3 Å². The summed E-state index contributed by atoms with van der Waals surface area (Å²) in [6.07, 6.45) is 7.14. The lowest BCUT2D eigenvalue weighted by atomic mass is 10.1. The van der Waals surface area contributed by atoms with E-state index in [4.69, 9.17) is 4.74 Å². The number of rotatable bonds is 6. The van der Waals surface area contributed by atoms with Crippen molar-refractivity contribution in [2.45, 2.75) is 57.6 Å². The number of anilines is 1. The Bertz CT molecular complexity index is 633. The molecule has 2 amide bonds. The molecule has 1 aromatic carbocycles. The summed E-state index contributed by atoms with van der Waals surface area (Å²) in [4.78, 5) is 26.2. The monoisotopic (exact) mass is 395 g/mol. The van der Waals surface area contributed by atoms with E-state index in [1.165, 1.54) is 43.4 Å². The lowest BCUT2D eigenvalue weighted by molar-refractivity contribution is -0.128. The Labute approximate surface area is 167 Å². The van der Waals surface area contributed by atoms with Gasteiger partial charge in [0.05, 0.1) is 5.69 Å². The SMILES string of the molecule is CC1Oc2ccccc2N(CC(=O)NCCNC2CCCCCC2)C1=O.Cl. The molecule has 1 heterocycles. The highest BCUT2D eigenvalue weighted by Crippen LogP contribution is 2.33. The van der Waals surface area contributed by atoms with Gasteiger partial charge in [-0.15, -0.1) is 12.4 Å². The first-order chi connectivity index (χ1) is 12.6. The Balaban J connectivity index is 0.00000261. The Morgan fingerprint density at radius 1 is 1.15 bits per heavy atom. The highest BCUT2D eigenvalue weighted by Gasteiger charge is 2.32. The summed E-state index contributed by atoms with van der Waals surface area (Å²) < 4.78 is 5.60. The van der Waals surface area contributed by atoms with E-state index in [2.05, 4.69) is 10.6 Å². The maximum atomic E-state index is 12.4. The minimum absolute atomic E-state index is 0. The predicted molar refractivity (Wildman–Crippen MR) is 109 cm³/mol. The van der Waals surface area contributed by atoms with Gasteiger partial charge in [-0.25, -0.2) is 0 Å². The van der Waals surface area contributed by atoms with Gasteiger partial charge in [-0.05, 0) is 31.9 Å². The molecule has 0 spiro atoms. The fourth-order valence-electron chi connectivity index (χ4n) is 3.68. The van der Waals surface area contributed by atoms with E-state index in [9.17, 15) is 9.59 Å². The number of para-hydroxylation sites is 2. The van der Waals surface area contributed by atoms with Crippen LogP contribution in [0.2, 0.25) is 0 Å². The van der Waals surface area contributed by atoms with Crippen LogP contribution >= 0.6 is 12.4 Å². The third-order valence-electron chi connectivity index (χ3n) is 5.11. The van der Waals surface area contributed by atoms with Crippen LogP contribution in [0.4, 0.5) is 5.69 Å². The lowest BCUT2D eigenvalue weighted by Gasteiger charge is -2.32. The minimum atomic E-state index is -0.574. The molecule has 27 heavy (non-hydrogen) atoms. The number of hydrogen-bond acceptors (Lipinski definition) is 4. The summed E-state index contributed by atoms with van der Waals surface area (Å²) in [5.74, 6) is 0.308. The fraction of sp³-hybridized carbons (Fsp3) is 0.600. The van der Waals surface area contributed by atoms with Crippen LogP contribution in [0.25, 0.3) is 0 Å². The first kappa shape index (κ1) is 21.5. The fourth-order valence-corrected chi connectivity index (χ4v) is 3.68. The Morgan fingerprint density at radius 3 is 2.59 bits per heavy atom. The van der Waals surface area contributed by atoms with Gasteiger partial charge in [-0.1, -0.05) is 37.8 Å². The summed E-state index contributed by atoms with van der Waals surface area (Å²) in [5, 5.41) is 6.45. The molecule has 1 aliphatic heterocycles. The van der Waals surface area contributed by atoms with Crippen LogP contribution in [0.1, 0.15) is 45.4 Å². The van der Waals surface area contributed by atoms with Crippen molar-refractivity contribution in [2.24, 2.45) is 0 Å². The molecule has 1 unspecified atom stereocenters. The van der Waals surface area contributed by atoms with E-state index in [0.717, 1.165) is 6.54 Å². The van der Waals surface area contributed by atoms with E-state index >= 15 is 0 Å². The number of nitrogens with zero attached hydrogens (tertiary/aromatic N) is 1. The maximum Gasteiger partial charge on any atom is 0.268 e. The van der Waals surface area contributed by atoms with Gasteiger partial charge in [0.2, 0.25) is 5.91 Å². The number of hydrogen-bond donors (Lipinski definition) is 2. The zero-order valence-electron chi connectivity index (χ0n) is 15.9. The Kier molecular flexibility index (Phi) is 8.38. The molecule has 3 rings (SSSR count). The van der Waals surface area contributed by atoms with Gasteiger partial charge in [0.1, 0.15) is 12.3 Å². The highest BCUT2D eigenvalue weighted by atomic mass is 35.5. The smallest absolute Gasteiger partial charge is 0.268 e. The molecule has 7 heteroatoms. The second kappa shape index (κ2) is 10.5. The number of halogens is 1. The molecule has 2 aliphatic rings. The molecular weight excluding hydrogens is 366 g/mol. The van der Waals surface area contributed by atoms with E-state index in [0.29, 0.717) is 24.0 Å². The maximum absolute atomic E-state index is 12.4. The molecule has 0 radical (unpaired) electrons. The normalized spacial score (nSPS) is 20.1. The van der Waals surface area contributed by atoms with Crippen molar-refractivity contribution in [1.29, 1.82) is 0 Å². The number of carbonyl (C=O) groups excluding carboxylic acids is 2. The van der Waals surface area contributed by atoms with E-state index in [1.54, 1.807) is 13.0 Å². The average Bonchev–Trinajstić information content (AvgIpc) is 2.91. The molecule has 150 valence electrons. The van der Waals surface area contributed by atoms with Crippen molar-refractivity contribution in [3.8, 4) is 5.75 Å². The van der Waals surface area contributed by atoms with Crippen LogP contribution in [0.3, 0.4) is 0 Å². The average molecular weight is 396 g/mol. The van der Waals surface area contributed by atoms with Crippen molar-refractivity contribution >= 4 is 29.9 Å². The van der Waals surface area contributed by atoms with Gasteiger partial charge in [0, 0.05) is 19.1 Å². The van der Waals surface area contributed by atoms with Gasteiger partial charge >= 0.3 is 0 Å². The number of benzene rings is 1. The Morgan fingerprint density at radius 2 is 1.85 bits per heavy atom. The summed E-state index contributed by atoms with van der Waals surface area (Å²) in [5.41, 5.74) is 0.655.